The Morgan fingerprint density at radius 1 is 1.14 bits per heavy atom. The molecular formula is C17H17NO2S. The van der Waals surface area contributed by atoms with Crippen molar-refractivity contribution in [2.75, 3.05) is 17.1 Å². The van der Waals surface area contributed by atoms with Crippen LogP contribution >= 0.6 is 10.7 Å². The van der Waals surface area contributed by atoms with Gasteiger partial charge in [-0.1, -0.05) is 36.4 Å². The number of hydrogen-bond donors (Lipinski definition) is 1. The molecule has 0 aliphatic carbocycles. The highest BCUT2D eigenvalue weighted by atomic mass is 32.2. The van der Waals surface area contributed by atoms with Crippen molar-refractivity contribution in [2.24, 2.45) is 0 Å². The summed E-state index contributed by atoms with van der Waals surface area (Å²) in [5.41, 5.74) is 3.18. The van der Waals surface area contributed by atoms with E-state index < -0.39 is 5.97 Å². The third kappa shape index (κ3) is 2.72. The molecule has 1 heterocycles. The molecule has 1 N–H and O–H groups in total. The van der Waals surface area contributed by atoms with Crippen LogP contribution in [0.4, 0.5) is 5.69 Å². The normalized spacial score (nSPS) is 17.6. The Hall–Kier alpha value is -2.07. The predicted molar refractivity (Wildman–Crippen MR) is 90.4 cm³/mol. The molecule has 2 aromatic rings. The standard InChI is InChI=1S/C17H17NO2S/c1-21-11-5-10-18(21)16-9-8-14(12-15(16)17(19)20)13-6-3-2-4-7-13/h2-4,6-9,11-12H,5,10H2,1H3,(H,19,20). The first-order valence-electron chi connectivity index (χ1n) is 6.85. The first-order valence-corrected chi connectivity index (χ1v) is 8.50. The Balaban J connectivity index is 2.07. The van der Waals surface area contributed by atoms with E-state index in [4.69, 9.17) is 0 Å². The van der Waals surface area contributed by atoms with Gasteiger partial charge in [-0.25, -0.2) is 4.79 Å². The second-order valence-electron chi connectivity index (χ2n) is 4.98. The summed E-state index contributed by atoms with van der Waals surface area (Å²) < 4.78 is 2.18. The van der Waals surface area contributed by atoms with Crippen LogP contribution in [0.2, 0.25) is 0 Å². The average molecular weight is 299 g/mol. The number of nitrogens with zero attached hydrogens (tertiary/aromatic N) is 1. The molecule has 0 spiro atoms. The van der Waals surface area contributed by atoms with E-state index in [9.17, 15) is 9.90 Å². The lowest BCUT2D eigenvalue weighted by molar-refractivity contribution is 0.0698. The van der Waals surface area contributed by atoms with Crippen LogP contribution in [0.15, 0.2) is 48.5 Å². The van der Waals surface area contributed by atoms with Crippen molar-refractivity contribution in [2.45, 2.75) is 6.42 Å². The van der Waals surface area contributed by atoms with Crippen LogP contribution in [0.1, 0.15) is 16.8 Å². The summed E-state index contributed by atoms with van der Waals surface area (Å²) >= 11 is 0. The molecule has 2 aromatic carbocycles. The molecule has 3 nitrogen and oxygen atoms in total. The molecule has 1 aliphatic heterocycles. The number of carboxylic acid groups (broad SMARTS) is 1. The van der Waals surface area contributed by atoms with E-state index in [0.717, 1.165) is 29.8 Å². The first-order chi connectivity index (χ1) is 10.2. The van der Waals surface area contributed by atoms with Gasteiger partial charge in [-0.3, -0.25) is 0 Å². The van der Waals surface area contributed by atoms with Gasteiger partial charge in [-0.2, -0.15) is 0 Å². The number of anilines is 1. The second-order valence-corrected chi connectivity index (χ2v) is 6.81. The molecule has 0 bridgehead atoms. The highest BCUT2D eigenvalue weighted by Gasteiger charge is 2.20. The molecular weight excluding hydrogens is 282 g/mol. The predicted octanol–water partition coefficient (Wildman–Crippen LogP) is 3.88. The van der Waals surface area contributed by atoms with E-state index >= 15 is 0 Å². The highest BCUT2D eigenvalue weighted by molar-refractivity contribution is 8.15. The molecule has 0 fully saturated rings. The molecule has 0 radical (unpaired) electrons. The first kappa shape index (κ1) is 13.9. The van der Waals surface area contributed by atoms with Crippen molar-refractivity contribution >= 4 is 27.7 Å². The van der Waals surface area contributed by atoms with Crippen molar-refractivity contribution in [1.82, 2.24) is 0 Å². The smallest absolute Gasteiger partial charge is 0.337 e. The zero-order valence-electron chi connectivity index (χ0n) is 11.8. The van der Waals surface area contributed by atoms with Crippen molar-refractivity contribution in [1.29, 1.82) is 0 Å². The van der Waals surface area contributed by atoms with Gasteiger partial charge in [0.05, 0.1) is 11.3 Å². The van der Waals surface area contributed by atoms with Crippen molar-refractivity contribution in [3.8, 4) is 11.1 Å². The Morgan fingerprint density at radius 2 is 1.90 bits per heavy atom. The van der Waals surface area contributed by atoms with E-state index in [1.807, 2.05) is 42.5 Å². The average Bonchev–Trinajstić information content (AvgIpc) is 2.93. The highest BCUT2D eigenvalue weighted by Crippen LogP contribution is 2.34. The molecule has 21 heavy (non-hydrogen) atoms. The van der Waals surface area contributed by atoms with Crippen LogP contribution in [-0.2, 0) is 0 Å². The minimum atomic E-state index is -0.869. The van der Waals surface area contributed by atoms with E-state index in [1.165, 1.54) is 0 Å². The van der Waals surface area contributed by atoms with Gasteiger partial charge in [0.1, 0.15) is 0 Å². The van der Waals surface area contributed by atoms with Gasteiger partial charge >= 0.3 is 5.97 Å². The molecule has 1 aliphatic rings. The Bertz CT molecular complexity index is 710. The fourth-order valence-corrected chi connectivity index (χ4v) is 4.07. The minimum Gasteiger partial charge on any atom is -0.478 e. The number of carboxylic acids is 1. The molecule has 108 valence electrons. The van der Waals surface area contributed by atoms with Gasteiger partial charge in [-0.15, -0.1) is 10.7 Å². The van der Waals surface area contributed by atoms with Crippen LogP contribution < -0.4 is 4.31 Å². The van der Waals surface area contributed by atoms with Crippen LogP contribution in [-0.4, -0.2) is 29.2 Å². The van der Waals surface area contributed by atoms with Crippen LogP contribution in [0.3, 0.4) is 0 Å². The SMILES string of the molecule is CS1=CCCN1c1ccc(-c2ccccc2)cc1C(=O)O. The summed E-state index contributed by atoms with van der Waals surface area (Å²) in [7, 11) is 0.00548. The third-order valence-electron chi connectivity index (χ3n) is 3.64. The van der Waals surface area contributed by atoms with Gasteiger partial charge in [-0.05, 0) is 41.3 Å². The van der Waals surface area contributed by atoms with Gasteiger partial charge in [0, 0.05) is 6.54 Å². The fraction of sp³-hybridized carbons (Fsp3) is 0.176. The summed E-state index contributed by atoms with van der Waals surface area (Å²) in [5, 5.41) is 11.8. The number of hydrogen-bond acceptors (Lipinski definition) is 2. The summed E-state index contributed by atoms with van der Waals surface area (Å²) in [6.45, 7) is 0.893. The monoisotopic (exact) mass is 299 g/mol. The van der Waals surface area contributed by atoms with E-state index in [0.29, 0.717) is 5.56 Å². The zero-order chi connectivity index (χ0) is 14.8. The summed E-state index contributed by atoms with van der Waals surface area (Å²) in [6.07, 6.45) is 3.14. The fourth-order valence-electron chi connectivity index (χ4n) is 2.59. The molecule has 4 heteroatoms. The quantitative estimate of drug-likeness (QED) is 0.874. The van der Waals surface area contributed by atoms with Crippen molar-refractivity contribution < 1.29 is 9.90 Å². The maximum atomic E-state index is 11.6. The molecule has 0 saturated heterocycles. The molecule has 0 aromatic heterocycles. The number of rotatable bonds is 3. The Morgan fingerprint density at radius 3 is 2.52 bits per heavy atom. The lowest BCUT2D eigenvalue weighted by Crippen LogP contribution is -2.16. The molecule has 1 atom stereocenters. The van der Waals surface area contributed by atoms with E-state index in [-0.39, 0.29) is 10.7 Å². The van der Waals surface area contributed by atoms with E-state index in [1.54, 1.807) is 6.07 Å². The zero-order valence-corrected chi connectivity index (χ0v) is 12.6. The molecule has 0 saturated carbocycles. The molecule has 3 rings (SSSR count). The van der Waals surface area contributed by atoms with Crippen LogP contribution in [0.5, 0.6) is 0 Å². The maximum absolute atomic E-state index is 11.6. The second kappa shape index (κ2) is 5.74. The number of benzene rings is 2. The lowest BCUT2D eigenvalue weighted by atomic mass is 10.0. The maximum Gasteiger partial charge on any atom is 0.337 e. The van der Waals surface area contributed by atoms with Crippen LogP contribution in [0.25, 0.3) is 11.1 Å². The number of carbonyl (C=O) groups is 1. The molecule has 0 amide bonds. The van der Waals surface area contributed by atoms with Gasteiger partial charge in [0.2, 0.25) is 0 Å². The topological polar surface area (TPSA) is 40.5 Å². The lowest BCUT2D eigenvalue weighted by Gasteiger charge is -2.23. The van der Waals surface area contributed by atoms with Gasteiger partial charge in [0.25, 0.3) is 0 Å². The van der Waals surface area contributed by atoms with Crippen LogP contribution in [0, 0.1) is 0 Å². The summed E-state index contributed by atoms with van der Waals surface area (Å²) in [5.74, 6) is -0.869. The summed E-state index contributed by atoms with van der Waals surface area (Å²) in [6, 6.07) is 15.6. The Labute approximate surface area is 126 Å². The van der Waals surface area contributed by atoms with Crippen molar-refractivity contribution in [3.63, 3.8) is 0 Å². The molecule has 1 unspecified atom stereocenters. The summed E-state index contributed by atoms with van der Waals surface area (Å²) in [4.78, 5) is 11.6. The Kier molecular flexibility index (Phi) is 3.80. The number of aromatic carboxylic acids is 1. The van der Waals surface area contributed by atoms with E-state index in [2.05, 4.69) is 15.9 Å². The minimum absolute atomic E-state index is 0.00548. The largest absolute Gasteiger partial charge is 0.478 e. The van der Waals surface area contributed by atoms with Crippen molar-refractivity contribution in [3.05, 3.63) is 54.1 Å². The van der Waals surface area contributed by atoms with Gasteiger partial charge in [0.15, 0.2) is 0 Å². The third-order valence-corrected chi connectivity index (χ3v) is 5.43. The van der Waals surface area contributed by atoms with Gasteiger partial charge < -0.3 is 9.41 Å².